The first-order chi connectivity index (χ1) is 13.1. The summed E-state index contributed by atoms with van der Waals surface area (Å²) in [7, 11) is 0. The number of hydrogen-bond donors (Lipinski definition) is 0. The van der Waals surface area contributed by atoms with Gasteiger partial charge < -0.3 is 4.57 Å². The van der Waals surface area contributed by atoms with E-state index in [1.54, 1.807) is 0 Å². The van der Waals surface area contributed by atoms with E-state index in [9.17, 15) is 4.79 Å². The Hall–Kier alpha value is -3.07. The van der Waals surface area contributed by atoms with Crippen LogP contribution in [0.25, 0.3) is 11.6 Å². The van der Waals surface area contributed by atoms with Crippen LogP contribution in [0.3, 0.4) is 0 Å². The molecule has 2 heterocycles. The van der Waals surface area contributed by atoms with Crippen LogP contribution >= 0.6 is 0 Å². The molecule has 3 aromatic rings. The first-order valence-electron chi connectivity index (χ1n) is 9.54. The average Bonchev–Trinajstić information content (AvgIpc) is 3.42. The van der Waals surface area contributed by atoms with Crippen LogP contribution in [0.4, 0.5) is 11.4 Å². The molecule has 1 fully saturated rings. The lowest BCUT2D eigenvalue weighted by molar-refractivity contribution is -0.112. The zero-order valence-electron chi connectivity index (χ0n) is 15.6. The standard InChI is InChI=1S/C24H22N2O/c1-16-14-18(17(2)25(16)20-12-13-20)15-22-21-10-6-7-11-23(21)26(24(22)27)19-8-4-3-5-9-19/h3-11,14-15,20H,12-13H2,1-2H3/b22-15+. The number of aryl methyl sites for hydroxylation is 1. The highest BCUT2D eigenvalue weighted by atomic mass is 16.2. The van der Waals surface area contributed by atoms with Crippen LogP contribution in [0.5, 0.6) is 0 Å². The number of fused-ring (bicyclic) bond motifs is 1. The zero-order chi connectivity index (χ0) is 18.5. The van der Waals surface area contributed by atoms with Gasteiger partial charge in [0, 0.05) is 28.7 Å². The second-order valence-corrected chi connectivity index (χ2v) is 7.48. The van der Waals surface area contributed by atoms with Gasteiger partial charge in [0.25, 0.3) is 5.91 Å². The number of hydrogen-bond acceptors (Lipinski definition) is 1. The number of anilines is 2. The number of carbonyl (C=O) groups is 1. The lowest BCUT2D eigenvalue weighted by atomic mass is 10.0. The smallest absolute Gasteiger partial charge is 0.263 e. The number of benzene rings is 2. The molecular formula is C24H22N2O. The molecule has 3 heteroatoms. The second kappa shape index (κ2) is 5.98. The molecule has 0 N–H and O–H groups in total. The molecule has 1 aliphatic heterocycles. The topological polar surface area (TPSA) is 25.2 Å². The van der Waals surface area contributed by atoms with Gasteiger partial charge in [-0.15, -0.1) is 0 Å². The molecule has 1 saturated carbocycles. The van der Waals surface area contributed by atoms with Crippen molar-refractivity contribution in [2.45, 2.75) is 32.7 Å². The first kappa shape index (κ1) is 16.1. The molecule has 1 amide bonds. The lowest BCUT2D eigenvalue weighted by Gasteiger charge is -2.16. The number of nitrogens with zero attached hydrogens (tertiary/aromatic N) is 2. The third-order valence-corrected chi connectivity index (χ3v) is 5.62. The molecule has 1 aromatic heterocycles. The lowest BCUT2D eigenvalue weighted by Crippen LogP contribution is -2.20. The molecule has 3 nitrogen and oxygen atoms in total. The summed E-state index contributed by atoms with van der Waals surface area (Å²) in [5.74, 6) is 0.0404. The Balaban J connectivity index is 1.64. The van der Waals surface area contributed by atoms with E-state index in [1.165, 1.54) is 24.2 Å². The van der Waals surface area contributed by atoms with Gasteiger partial charge in [-0.05, 0) is 62.6 Å². The minimum Gasteiger partial charge on any atom is -0.346 e. The van der Waals surface area contributed by atoms with Crippen LogP contribution in [0, 0.1) is 13.8 Å². The first-order valence-corrected chi connectivity index (χ1v) is 9.54. The number of rotatable bonds is 3. The van der Waals surface area contributed by atoms with Crippen molar-refractivity contribution in [2.24, 2.45) is 0 Å². The molecule has 27 heavy (non-hydrogen) atoms. The third-order valence-electron chi connectivity index (χ3n) is 5.62. The average molecular weight is 354 g/mol. The van der Waals surface area contributed by atoms with E-state index < -0.39 is 0 Å². The van der Waals surface area contributed by atoms with E-state index in [1.807, 2.05) is 59.5 Å². The van der Waals surface area contributed by atoms with Gasteiger partial charge in [-0.2, -0.15) is 0 Å². The van der Waals surface area contributed by atoms with E-state index >= 15 is 0 Å². The van der Waals surface area contributed by atoms with Gasteiger partial charge in [-0.25, -0.2) is 0 Å². The summed E-state index contributed by atoms with van der Waals surface area (Å²) in [6.45, 7) is 4.33. The van der Waals surface area contributed by atoms with Crippen LogP contribution < -0.4 is 4.90 Å². The Kier molecular flexibility index (Phi) is 3.57. The fourth-order valence-electron chi connectivity index (χ4n) is 4.21. The largest absolute Gasteiger partial charge is 0.346 e. The summed E-state index contributed by atoms with van der Waals surface area (Å²) in [5.41, 5.74) is 7.31. The molecule has 0 atom stereocenters. The van der Waals surface area contributed by atoms with Crippen molar-refractivity contribution in [1.29, 1.82) is 0 Å². The highest BCUT2D eigenvalue weighted by Gasteiger charge is 2.33. The molecule has 0 radical (unpaired) electrons. The van der Waals surface area contributed by atoms with E-state index in [-0.39, 0.29) is 5.91 Å². The minimum atomic E-state index is 0.0404. The van der Waals surface area contributed by atoms with E-state index in [4.69, 9.17) is 0 Å². The summed E-state index contributed by atoms with van der Waals surface area (Å²) < 4.78 is 2.42. The third kappa shape index (κ3) is 2.54. The van der Waals surface area contributed by atoms with Crippen molar-refractivity contribution in [1.82, 2.24) is 4.57 Å². The molecular weight excluding hydrogens is 332 g/mol. The summed E-state index contributed by atoms with van der Waals surface area (Å²) >= 11 is 0. The number of carbonyl (C=O) groups excluding carboxylic acids is 1. The van der Waals surface area contributed by atoms with Crippen LogP contribution in [0.2, 0.25) is 0 Å². The van der Waals surface area contributed by atoms with Crippen LogP contribution in [-0.4, -0.2) is 10.5 Å². The predicted molar refractivity (Wildman–Crippen MR) is 110 cm³/mol. The Morgan fingerprint density at radius 3 is 2.41 bits per heavy atom. The highest BCUT2D eigenvalue weighted by molar-refractivity contribution is 6.38. The van der Waals surface area contributed by atoms with Gasteiger partial charge in [-0.1, -0.05) is 36.4 Å². The number of aromatic nitrogens is 1. The van der Waals surface area contributed by atoms with E-state index in [0.717, 1.165) is 28.1 Å². The Morgan fingerprint density at radius 1 is 0.963 bits per heavy atom. The Labute approximate surface area is 159 Å². The Morgan fingerprint density at radius 2 is 1.67 bits per heavy atom. The van der Waals surface area contributed by atoms with Crippen LogP contribution in [0.15, 0.2) is 60.7 Å². The molecule has 2 aliphatic rings. The van der Waals surface area contributed by atoms with E-state index in [0.29, 0.717) is 6.04 Å². The van der Waals surface area contributed by atoms with Gasteiger partial charge in [-0.3, -0.25) is 9.69 Å². The monoisotopic (exact) mass is 354 g/mol. The fourth-order valence-corrected chi connectivity index (χ4v) is 4.21. The van der Waals surface area contributed by atoms with Crippen LogP contribution in [0.1, 0.15) is 41.4 Å². The van der Waals surface area contributed by atoms with E-state index in [2.05, 4.69) is 30.6 Å². The van der Waals surface area contributed by atoms with Gasteiger partial charge >= 0.3 is 0 Å². The molecule has 2 aromatic carbocycles. The highest BCUT2D eigenvalue weighted by Crippen LogP contribution is 2.43. The van der Waals surface area contributed by atoms with Gasteiger partial charge in [0.1, 0.15) is 0 Å². The number of amides is 1. The molecule has 5 rings (SSSR count). The van der Waals surface area contributed by atoms with Crippen LogP contribution in [-0.2, 0) is 4.79 Å². The van der Waals surface area contributed by atoms with Gasteiger partial charge in [0.2, 0.25) is 0 Å². The molecule has 1 aliphatic carbocycles. The van der Waals surface area contributed by atoms with Crippen molar-refractivity contribution in [3.63, 3.8) is 0 Å². The maximum absolute atomic E-state index is 13.4. The maximum atomic E-state index is 13.4. The maximum Gasteiger partial charge on any atom is 0.263 e. The van der Waals surface area contributed by atoms with Crippen molar-refractivity contribution in [3.05, 3.63) is 83.2 Å². The van der Waals surface area contributed by atoms with Crippen molar-refractivity contribution < 1.29 is 4.79 Å². The second-order valence-electron chi connectivity index (χ2n) is 7.48. The van der Waals surface area contributed by atoms with Crippen molar-refractivity contribution >= 4 is 28.9 Å². The van der Waals surface area contributed by atoms with Crippen molar-refractivity contribution in [2.75, 3.05) is 4.90 Å². The SMILES string of the molecule is Cc1cc(/C=C2/C(=O)N(c3ccccc3)c3ccccc32)c(C)n1C1CC1. The fraction of sp³-hybridized carbons (Fsp3) is 0.208. The quantitative estimate of drug-likeness (QED) is 0.557. The molecule has 0 unspecified atom stereocenters. The summed E-state index contributed by atoms with van der Waals surface area (Å²) in [4.78, 5) is 15.2. The van der Waals surface area contributed by atoms with Gasteiger partial charge in [0.15, 0.2) is 0 Å². The summed E-state index contributed by atoms with van der Waals surface area (Å²) in [6.07, 6.45) is 4.59. The predicted octanol–water partition coefficient (Wildman–Crippen LogP) is 5.66. The molecule has 0 saturated heterocycles. The molecule has 0 spiro atoms. The Bertz CT molecular complexity index is 1070. The summed E-state index contributed by atoms with van der Waals surface area (Å²) in [5, 5.41) is 0. The van der Waals surface area contributed by atoms with Crippen molar-refractivity contribution in [3.8, 4) is 0 Å². The van der Waals surface area contributed by atoms with Gasteiger partial charge in [0.05, 0.1) is 11.3 Å². The number of para-hydroxylation sites is 2. The normalized spacial score (nSPS) is 17.6. The summed E-state index contributed by atoms with van der Waals surface area (Å²) in [6, 6.07) is 20.8. The molecule has 0 bridgehead atoms. The minimum absolute atomic E-state index is 0.0404. The molecule has 134 valence electrons. The zero-order valence-corrected chi connectivity index (χ0v) is 15.6.